The van der Waals surface area contributed by atoms with Gasteiger partial charge in [-0.05, 0) is 45.1 Å². The second kappa shape index (κ2) is 9.40. The SMILES string of the molecule is Cc1nc([C@@H]2CCCN2CC(=O)Nc2nccs2)nc2c1CCC(=O)N2CCC(C)C. The molecule has 0 radical (unpaired) electrons. The molecule has 1 fully saturated rings. The zero-order valence-electron chi connectivity index (χ0n) is 18.4. The van der Waals surface area contributed by atoms with E-state index in [-0.39, 0.29) is 24.4 Å². The van der Waals surface area contributed by atoms with Gasteiger partial charge in [0.2, 0.25) is 11.8 Å². The minimum atomic E-state index is -0.0785. The number of thiazole rings is 1. The van der Waals surface area contributed by atoms with Crippen molar-refractivity contribution < 1.29 is 9.59 Å². The Labute approximate surface area is 187 Å². The van der Waals surface area contributed by atoms with E-state index < -0.39 is 0 Å². The molecule has 2 aliphatic rings. The van der Waals surface area contributed by atoms with Crippen LogP contribution in [-0.2, 0) is 16.0 Å². The third-order valence-corrected chi connectivity index (χ3v) is 6.66. The summed E-state index contributed by atoms with van der Waals surface area (Å²) >= 11 is 1.41. The monoisotopic (exact) mass is 442 g/mol. The first kappa shape index (κ1) is 21.8. The topological polar surface area (TPSA) is 91.3 Å². The molecular weight excluding hydrogens is 412 g/mol. The molecule has 166 valence electrons. The number of aryl methyl sites for hydroxylation is 1. The molecule has 2 aliphatic heterocycles. The van der Waals surface area contributed by atoms with E-state index in [9.17, 15) is 9.59 Å². The number of nitrogens with one attached hydrogen (secondary N) is 1. The zero-order valence-corrected chi connectivity index (χ0v) is 19.2. The third kappa shape index (κ3) is 4.93. The van der Waals surface area contributed by atoms with Crippen LogP contribution in [0, 0.1) is 12.8 Å². The van der Waals surface area contributed by atoms with Crippen LogP contribution in [0.1, 0.15) is 62.7 Å². The van der Waals surface area contributed by atoms with Crippen LogP contribution in [0.5, 0.6) is 0 Å². The molecular formula is C22H30N6O2S. The molecule has 0 aromatic carbocycles. The van der Waals surface area contributed by atoms with Crippen molar-refractivity contribution >= 4 is 34.1 Å². The molecule has 0 spiro atoms. The number of fused-ring (bicyclic) bond motifs is 1. The molecule has 0 saturated carbocycles. The van der Waals surface area contributed by atoms with Crippen LogP contribution in [-0.4, -0.2) is 51.3 Å². The molecule has 0 bridgehead atoms. The predicted octanol–water partition coefficient (Wildman–Crippen LogP) is 3.34. The van der Waals surface area contributed by atoms with Gasteiger partial charge in [-0.25, -0.2) is 15.0 Å². The van der Waals surface area contributed by atoms with Gasteiger partial charge in [0.1, 0.15) is 11.6 Å². The first-order chi connectivity index (χ1) is 14.9. The highest BCUT2D eigenvalue weighted by Gasteiger charge is 2.33. The van der Waals surface area contributed by atoms with Crippen molar-refractivity contribution in [2.45, 2.75) is 58.9 Å². The first-order valence-electron chi connectivity index (χ1n) is 11.0. The summed E-state index contributed by atoms with van der Waals surface area (Å²) in [6, 6.07) is -0.0185. The van der Waals surface area contributed by atoms with E-state index in [0.717, 1.165) is 48.7 Å². The van der Waals surface area contributed by atoms with E-state index in [4.69, 9.17) is 9.97 Å². The Morgan fingerprint density at radius 1 is 1.32 bits per heavy atom. The van der Waals surface area contributed by atoms with Crippen molar-refractivity contribution in [3.05, 3.63) is 28.7 Å². The van der Waals surface area contributed by atoms with Gasteiger partial charge in [-0.1, -0.05) is 13.8 Å². The van der Waals surface area contributed by atoms with E-state index >= 15 is 0 Å². The van der Waals surface area contributed by atoms with Crippen LogP contribution < -0.4 is 10.2 Å². The summed E-state index contributed by atoms with van der Waals surface area (Å²) in [5.41, 5.74) is 2.03. The molecule has 2 amide bonds. The number of carbonyl (C=O) groups excluding carboxylic acids is 2. The van der Waals surface area contributed by atoms with Crippen LogP contribution in [0.3, 0.4) is 0 Å². The number of nitrogens with zero attached hydrogens (tertiary/aromatic N) is 5. The average molecular weight is 443 g/mol. The van der Waals surface area contributed by atoms with Crippen LogP contribution in [0.4, 0.5) is 10.9 Å². The van der Waals surface area contributed by atoms with E-state index in [1.54, 1.807) is 6.20 Å². The Hall–Kier alpha value is -2.39. The van der Waals surface area contributed by atoms with Crippen LogP contribution in [0.2, 0.25) is 0 Å². The standard InChI is InChI=1S/C22H30N6O2S/c1-14(2)8-11-28-19(30)7-6-16-15(3)24-20(26-21(16)28)17-5-4-10-27(17)13-18(29)25-22-23-9-12-31-22/h9,12,14,17H,4-8,10-11,13H2,1-3H3,(H,23,25,29)/t17-/m0/s1. The lowest BCUT2D eigenvalue weighted by molar-refractivity contribution is -0.119. The lowest BCUT2D eigenvalue weighted by Gasteiger charge is -2.31. The first-order valence-corrected chi connectivity index (χ1v) is 11.9. The van der Waals surface area contributed by atoms with Gasteiger partial charge in [0, 0.05) is 35.8 Å². The predicted molar refractivity (Wildman–Crippen MR) is 121 cm³/mol. The highest BCUT2D eigenvalue weighted by molar-refractivity contribution is 7.13. The molecule has 8 nitrogen and oxygen atoms in total. The largest absolute Gasteiger partial charge is 0.301 e. The number of hydrogen-bond donors (Lipinski definition) is 1. The number of hydrogen-bond acceptors (Lipinski definition) is 7. The average Bonchev–Trinajstić information content (AvgIpc) is 3.39. The molecule has 2 aromatic rings. The molecule has 1 atom stereocenters. The van der Waals surface area contributed by atoms with E-state index in [1.165, 1.54) is 11.3 Å². The molecule has 4 heterocycles. The maximum absolute atomic E-state index is 12.7. The van der Waals surface area contributed by atoms with Crippen molar-refractivity contribution in [2.24, 2.45) is 5.92 Å². The Morgan fingerprint density at radius 2 is 2.16 bits per heavy atom. The quantitative estimate of drug-likeness (QED) is 0.707. The van der Waals surface area contributed by atoms with Gasteiger partial charge in [-0.15, -0.1) is 11.3 Å². The summed E-state index contributed by atoms with van der Waals surface area (Å²) in [4.78, 5) is 43.0. The van der Waals surface area contributed by atoms with Gasteiger partial charge in [-0.3, -0.25) is 19.4 Å². The normalized spacial score (nSPS) is 19.2. The fourth-order valence-electron chi connectivity index (χ4n) is 4.31. The molecule has 1 saturated heterocycles. The maximum Gasteiger partial charge on any atom is 0.240 e. The smallest absolute Gasteiger partial charge is 0.240 e. The minimum absolute atomic E-state index is 0.0185. The molecule has 2 aromatic heterocycles. The fourth-order valence-corrected chi connectivity index (χ4v) is 4.85. The van der Waals surface area contributed by atoms with Gasteiger partial charge < -0.3 is 5.32 Å². The highest BCUT2D eigenvalue weighted by atomic mass is 32.1. The van der Waals surface area contributed by atoms with E-state index in [1.807, 2.05) is 17.2 Å². The Kier molecular flexibility index (Phi) is 6.62. The van der Waals surface area contributed by atoms with Crippen molar-refractivity contribution in [1.29, 1.82) is 0 Å². The number of rotatable bonds is 7. The summed E-state index contributed by atoms with van der Waals surface area (Å²) in [6.07, 6.45) is 5.72. The summed E-state index contributed by atoms with van der Waals surface area (Å²) in [7, 11) is 0. The molecule has 9 heteroatoms. The second-order valence-corrected chi connectivity index (χ2v) is 9.61. The van der Waals surface area contributed by atoms with Gasteiger partial charge in [0.25, 0.3) is 0 Å². The van der Waals surface area contributed by atoms with Gasteiger partial charge in [0.15, 0.2) is 5.13 Å². The van der Waals surface area contributed by atoms with Gasteiger partial charge >= 0.3 is 0 Å². The van der Waals surface area contributed by atoms with Crippen LogP contribution in [0.15, 0.2) is 11.6 Å². The van der Waals surface area contributed by atoms with Crippen molar-refractivity contribution in [1.82, 2.24) is 19.9 Å². The van der Waals surface area contributed by atoms with Crippen molar-refractivity contribution in [3.63, 3.8) is 0 Å². The molecule has 4 rings (SSSR count). The number of likely N-dealkylation sites (tertiary alicyclic amines) is 1. The van der Waals surface area contributed by atoms with Crippen LogP contribution in [0.25, 0.3) is 0 Å². The third-order valence-electron chi connectivity index (χ3n) is 5.97. The zero-order chi connectivity index (χ0) is 22.0. The number of amides is 2. The van der Waals surface area contributed by atoms with Crippen LogP contribution >= 0.6 is 11.3 Å². The summed E-state index contributed by atoms with van der Waals surface area (Å²) in [6.45, 7) is 8.13. The molecule has 31 heavy (non-hydrogen) atoms. The molecule has 1 N–H and O–H groups in total. The number of anilines is 2. The molecule has 0 aliphatic carbocycles. The highest BCUT2D eigenvalue weighted by Crippen LogP contribution is 2.34. The van der Waals surface area contributed by atoms with E-state index in [2.05, 4.69) is 29.0 Å². The van der Waals surface area contributed by atoms with Crippen molar-refractivity contribution in [3.8, 4) is 0 Å². The Balaban J connectivity index is 1.55. The summed E-state index contributed by atoms with van der Waals surface area (Å²) in [5.74, 6) is 2.08. The Morgan fingerprint density at radius 3 is 2.90 bits per heavy atom. The molecule has 0 unspecified atom stereocenters. The Bertz CT molecular complexity index is 946. The van der Waals surface area contributed by atoms with E-state index in [0.29, 0.717) is 30.4 Å². The lowest BCUT2D eigenvalue weighted by Crippen LogP contribution is -2.39. The number of carbonyl (C=O) groups is 2. The lowest BCUT2D eigenvalue weighted by atomic mass is 10.0. The summed E-state index contributed by atoms with van der Waals surface area (Å²) in [5, 5.41) is 5.30. The van der Waals surface area contributed by atoms with Gasteiger partial charge in [-0.2, -0.15) is 0 Å². The number of aromatic nitrogens is 3. The van der Waals surface area contributed by atoms with Gasteiger partial charge in [0.05, 0.1) is 12.6 Å². The minimum Gasteiger partial charge on any atom is -0.301 e. The van der Waals surface area contributed by atoms with Crippen molar-refractivity contribution in [2.75, 3.05) is 29.9 Å². The second-order valence-electron chi connectivity index (χ2n) is 8.71. The maximum atomic E-state index is 12.7. The fraction of sp³-hybridized carbons (Fsp3) is 0.591. The summed E-state index contributed by atoms with van der Waals surface area (Å²) < 4.78 is 0.